The van der Waals surface area contributed by atoms with Crippen LogP contribution in [-0.2, 0) is 13.5 Å². The fraction of sp³-hybridized carbons (Fsp3) is 0.190. The molecule has 0 spiro atoms. The Morgan fingerprint density at radius 3 is 2.59 bits per heavy atom. The van der Waals surface area contributed by atoms with E-state index in [0.717, 1.165) is 17.7 Å². The van der Waals surface area contributed by atoms with Gasteiger partial charge in [0.15, 0.2) is 6.20 Å². The van der Waals surface area contributed by atoms with Crippen LogP contribution in [-0.4, -0.2) is 0 Å². The minimum absolute atomic E-state index is 0.366. The third-order valence-electron chi connectivity index (χ3n) is 4.68. The Morgan fingerprint density at radius 2 is 1.77 bits per heavy atom. The van der Waals surface area contributed by atoms with E-state index in [0.29, 0.717) is 5.56 Å². The van der Waals surface area contributed by atoms with Crippen LogP contribution in [0.1, 0.15) is 26.4 Å². The van der Waals surface area contributed by atoms with Gasteiger partial charge in [0.1, 0.15) is 7.05 Å². The van der Waals surface area contributed by atoms with Crippen molar-refractivity contribution >= 4 is 0 Å². The summed E-state index contributed by atoms with van der Waals surface area (Å²) in [6, 6.07) is 16.5. The van der Waals surface area contributed by atoms with Crippen LogP contribution in [0, 0.1) is 13.8 Å². The van der Waals surface area contributed by atoms with Crippen molar-refractivity contribution in [3.8, 4) is 22.4 Å². The van der Waals surface area contributed by atoms with Gasteiger partial charge in [-0.2, -0.15) is 0 Å². The van der Waals surface area contributed by atoms with E-state index in [2.05, 4.69) is 43.3 Å². The lowest BCUT2D eigenvalue weighted by Crippen LogP contribution is -2.31. The van der Waals surface area contributed by atoms with Gasteiger partial charge in [-0.25, -0.2) is 4.57 Å². The third kappa shape index (κ3) is 1.89. The van der Waals surface area contributed by atoms with Crippen molar-refractivity contribution in [3.63, 3.8) is 0 Å². The van der Waals surface area contributed by atoms with E-state index >= 15 is 0 Å². The van der Waals surface area contributed by atoms with Crippen LogP contribution in [0.5, 0.6) is 0 Å². The van der Waals surface area contributed by atoms with Crippen LogP contribution in [0.3, 0.4) is 0 Å². The molecule has 0 atom stereocenters. The first-order valence-electron chi connectivity index (χ1n) is 9.07. The number of aryl methyl sites for hydroxylation is 2. The minimum atomic E-state index is -2.08. The van der Waals surface area contributed by atoms with Crippen molar-refractivity contribution in [2.45, 2.75) is 20.2 Å². The molecule has 1 heteroatoms. The van der Waals surface area contributed by atoms with Crippen molar-refractivity contribution < 1.29 is 8.68 Å². The Kier molecular flexibility index (Phi) is 2.26. The molecule has 0 amide bonds. The maximum Gasteiger partial charge on any atom is 0.212 e. The highest BCUT2D eigenvalue weighted by molar-refractivity contribution is 5.81. The molecule has 22 heavy (non-hydrogen) atoms. The molecule has 1 nitrogen and oxygen atoms in total. The monoisotopic (exact) mass is 289 g/mol. The van der Waals surface area contributed by atoms with Gasteiger partial charge in [0, 0.05) is 21.3 Å². The molecule has 1 heterocycles. The summed E-state index contributed by atoms with van der Waals surface area (Å²) in [5.74, 6) is 0. The SMILES string of the molecule is [2H]C([2H])([2H])c1ccc(-c2ccc3c(c2C)Cc2ccccc2-3)[n+](C)c1. The van der Waals surface area contributed by atoms with Crippen molar-refractivity contribution in [1.29, 1.82) is 0 Å². The molecule has 0 fully saturated rings. The van der Waals surface area contributed by atoms with Gasteiger partial charge in [0.25, 0.3) is 0 Å². The van der Waals surface area contributed by atoms with Crippen LogP contribution in [0.25, 0.3) is 22.4 Å². The predicted molar refractivity (Wildman–Crippen MR) is 90.8 cm³/mol. The predicted octanol–water partition coefficient (Wildman–Crippen LogP) is 4.37. The molecule has 0 aliphatic heterocycles. The van der Waals surface area contributed by atoms with E-state index in [1.54, 1.807) is 12.3 Å². The number of nitrogens with zero attached hydrogens (tertiary/aromatic N) is 1. The van der Waals surface area contributed by atoms with Crippen molar-refractivity contribution in [3.05, 3.63) is 77.0 Å². The van der Waals surface area contributed by atoms with Gasteiger partial charge in [0.05, 0.1) is 0 Å². The molecule has 1 aliphatic rings. The molecular weight excluding hydrogens is 266 g/mol. The topological polar surface area (TPSA) is 3.88 Å². The molecule has 3 aromatic rings. The smallest absolute Gasteiger partial charge is 0.201 e. The summed E-state index contributed by atoms with van der Waals surface area (Å²) in [6.07, 6.45) is 2.67. The number of hydrogen-bond acceptors (Lipinski definition) is 0. The number of benzene rings is 2. The second kappa shape index (κ2) is 4.81. The fourth-order valence-corrected chi connectivity index (χ4v) is 3.53. The number of aromatic nitrogens is 1. The van der Waals surface area contributed by atoms with Gasteiger partial charge in [-0.1, -0.05) is 30.3 Å². The molecule has 1 aromatic heterocycles. The quantitative estimate of drug-likeness (QED) is 0.458. The van der Waals surface area contributed by atoms with Gasteiger partial charge in [-0.05, 0) is 60.1 Å². The first kappa shape index (κ1) is 10.3. The zero-order valence-corrected chi connectivity index (χ0v) is 12.9. The second-order valence-electron chi connectivity index (χ2n) is 6.01. The van der Waals surface area contributed by atoms with E-state index in [1.165, 1.54) is 27.8 Å². The van der Waals surface area contributed by atoms with Gasteiger partial charge in [-0.3, -0.25) is 0 Å². The third-order valence-corrected chi connectivity index (χ3v) is 4.68. The highest BCUT2D eigenvalue weighted by atomic mass is 14.9. The maximum atomic E-state index is 7.58. The fourth-order valence-electron chi connectivity index (χ4n) is 3.53. The molecule has 0 N–H and O–H groups in total. The molecule has 108 valence electrons. The number of pyridine rings is 1. The first-order chi connectivity index (χ1) is 11.9. The van der Waals surface area contributed by atoms with Crippen molar-refractivity contribution in [1.82, 2.24) is 0 Å². The molecule has 2 aromatic carbocycles. The summed E-state index contributed by atoms with van der Waals surface area (Å²) in [5, 5.41) is 0. The summed E-state index contributed by atoms with van der Waals surface area (Å²) in [4.78, 5) is 0. The Balaban J connectivity index is 1.83. The highest BCUT2D eigenvalue weighted by Gasteiger charge is 2.23. The first-order valence-corrected chi connectivity index (χ1v) is 7.57. The summed E-state index contributed by atoms with van der Waals surface area (Å²) in [7, 11) is 1.91. The van der Waals surface area contributed by atoms with Crippen LogP contribution in [0.4, 0.5) is 0 Å². The van der Waals surface area contributed by atoms with Crippen LogP contribution >= 0.6 is 0 Å². The Bertz CT molecular complexity index is 987. The zero-order valence-electron chi connectivity index (χ0n) is 15.9. The summed E-state index contributed by atoms with van der Waals surface area (Å²) in [6.45, 7) is 0.0859. The van der Waals surface area contributed by atoms with Gasteiger partial charge in [0.2, 0.25) is 5.69 Å². The van der Waals surface area contributed by atoms with Gasteiger partial charge < -0.3 is 0 Å². The van der Waals surface area contributed by atoms with Crippen LogP contribution < -0.4 is 4.57 Å². The highest BCUT2D eigenvalue weighted by Crippen LogP contribution is 2.40. The maximum absolute atomic E-state index is 7.58. The van der Waals surface area contributed by atoms with E-state index < -0.39 is 6.85 Å². The Labute approximate surface area is 136 Å². The van der Waals surface area contributed by atoms with Crippen molar-refractivity contribution in [2.24, 2.45) is 7.05 Å². The molecule has 1 aliphatic carbocycles. The molecule has 4 rings (SSSR count). The van der Waals surface area contributed by atoms with Crippen LogP contribution in [0.15, 0.2) is 54.7 Å². The Hall–Kier alpha value is -2.41. The van der Waals surface area contributed by atoms with E-state index in [-0.39, 0.29) is 0 Å². The van der Waals surface area contributed by atoms with Gasteiger partial charge in [-0.15, -0.1) is 0 Å². The molecular formula is C21H20N+. The molecule has 0 radical (unpaired) electrons. The van der Waals surface area contributed by atoms with Crippen molar-refractivity contribution in [2.75, 3.05) is 0 Å². The number of fused-ring (bicyclic) bond motifs is 3. The lowest BCUT2D eigenvalue weighted by molar-refractivity contribution is -0.660. The average Bonchev–Trinajstić information content (AvgIpc) is 2.95. The van der Waals surface area contributed by atoms with E-state index in [4.69, 9.17) is 4.11 Å². The number of rotatable bonds is 1. The van der Waals surface area contributed by atoms with Gasteiger partial charge >= 0.3 is 0 Å². The number of hydrogen-bond donors (Lipinski definition) is 0. The Morgan fingerprint density at radius 1 is 0.955 bits per heavy atom. The van der Waals surface area contributed by atoms with E-state index in [9.17, 15) is 0 Å². The summed E-state index contributed by atoms with van der Waals surface area (Å²) in [5.41, 5.74) is 9.22. The largest absolute Gasteiger partial charge is 0.212 e. The molecule has 0 saturated heterocycles. The molecule has 0 unspecified atom stereocenters. The van der Waals surface area contributed by atoms with E-state index in [1.807, 2.05) is 17.7 Å². The normalized spacial score (nSPS) is 14.7. The molecule has 0 bridgehead atoms. The lowest BCUT2D eigenvalue weighted by atomic mass is 9.95. The molecule has 0 saturated carbocycles. The summed E-state index contributed by atoms with van der Waals surface area (Å²) < 4.78 is 24.7. The average molecular weight is 289 g/mol. The summed E-state index contributed by atoms with van der Waals surface area (Å²) >= 11 is 0. The second-order valence-corrected chi connectivity index (χ2v) is 6.01. The van der Waals surface area contributed by atoms with Crippen LogP contribution in [0.2, 0.25) is 0 Å². The zero-order chi connectivity index (χ0) is 17.8. The standard InChI is InChI=1S/C21H20N/c1-14-8-11-21(22(3)13-14)17-9-10-19-18-7-5-4-6-16(18)12-20(19)15(17)2/h4-11,13H,12H2,1-3H3/q+1/i1D3. The lowest BCUT2D eigenvalue weighted by Gasteiger charge is -2.10. The minimum Gasteiger partial charge on any atom is -0.201 e.